The van der Waals surface area contributed by atoms with E-state index in [2.05, 4.69) is 34.7 Å². The Morgan fingerprint density at radius 1 is 1.42 bits per heavy atom. The Hall–Kier alpha value is -1.88. The first-order valence-corrected chi connectivity index (χ1v) is 6.50. The van der Waals surface area contributed by atoms with Gasteiger partial charge in [-0.2, -0.15) is 0 Å². The van der Waals surface area contributed by atoms with Crippen LogP contribution in [0.25, 0.3) is 0 Å². The first kappa shape index (κ1) is 13.5. The predicted molar refractivity (Wildman–Crippen MR) is 74.1 cm³/mol. The van der Waals surface area contributed by atoms with Gasteiger partial charge in [-0.05, 0) is 31.2 Å². The molecule has 1 aromatic carbocycles. The van der Waals surface area contributed by atoms with Gasteiger partial charge in [-0.15, -0.1) is 5.10 Å². The lowest BCUT2D eigenvalue weighted by molar-refractivity contribution is 0.317. The second-order valence-electron chi connectivity index (χ2n) is 4.43. The van der Waals surface area contributed by atoms with E-state index in [0.717, 1.165) is 30.0 Å². The summed E-state index contributed by atoms with van der Waals surface area (Å²) in [6.45, 7) is 2.84. The van der Waals surface area contributed by atoms with E-state index in [4.69, 9.17) is 4.74 Å². The van der Waals surface area contributed by atoms with Gasteiger partial charge < -0.3 is 10.1 Å². The van der Waals surface area contributed by atoms with Gasteiger partial charge >= 0.3 is 0 Å². The number of benzene rings is 1. The summed E-state index contributed by atoms with van der Waals surface area (Å²) in [5.41, 5.74) is 2.16. The van der Waals surface area contributed by atoms with Crippen molar-refractivity contribution in [3.8, 4) is 5.75 Å². The normalized spacial score (nSPS) is 12.4. The predicted octanol–water partition coefficient (Wildman–Crippen LogP) is 1.91. The van der Waals surface area contributed by atoms with Crippen LogP contribution in [-0.2, 0) is 7.05 Å². The summed E-state index contributed by atoms with van der Waals surface area (Å²) in [5.74, 6) is 0.898. The van der Waals surface area contributed by atoms with Crippen LogP contribution in [-0.4, -0.2) is 28.6 Å². The molecule has 1 heterocycles. The van der Waals surface area contributed by atoms with Gasteiger partial charge in [0.15, 0.2) is 0 Å². The fraction of sp³-hybridized carbons (Fsp3) is 0.429. The molecule has 0 aliphatic heterocycles. The summed E-state index contributed by atoms with van der Waals surface area (Å²) in [6.07, 6.45) is 2.78. The molecule has 0 fully saturated rings. The average Bonchev–Trinajstić information content (AvgIpc) is 2.84. The number of nitrogens with zero attached hydrogens (tertiary/aromatic N) is 3. The number of aryl methyl sites for hydroxylation is 1. The number of rotatable bonds is 6. The number of nitrogens with one attached hydrogen (secondary N) is 1. The topological polar surface area (TPSA) is 52.0 Å². The van der Waals surface area contributed by atoms with Crippen molar-refractivity contribution in [2.24, 2.45) is 7.05 Å². The van der Waals surface area contributed by atoms with E-state index in [-0.39, 0.29) is 6.04 Å². The molecule has 2 aromatic rings. The van der Waals surface area contributed by atoms with Crippen molar-refractivity contribution >= 4 is 0 Å². The Labute approximate surface area is 113 Å². The SMILES string of the molecule is CCCOc1cccc(C(NC)c2cnnn2C)c1. The standard InChI is InChI=1S/C14H20N4O/c1-4-8-19-12-7-5-6-11(9-12)14(15-2)13-10-16-17-18(13)3/h5-7,9-10,14-15H,4,8H2,1-3H3. The van der Waals surface area contributed by atoms with Gasteiger partial charge in [-0.25, -0.2) is 0 Å². The fourth-order valence-corrected chi connectivity index (χ4v) is 2.05. The molecule has 0 saturated heterocycles. The number of hydrogen-bond donors (Lipinski definition) is 1. The minimum Gasteiger partial charge on any atom is -0.494 e. The largest absolute Gasteiger partial charge is 0.494 e. The Morgan fingerprint density at radius 3 is 2.89 bits per heavy atom. The highest BCUT2D eigenvalue weighted by molar-refractivity contribution is 5.34. The van der Waals surface area contributed by atoms with Gasteiger partial charge in [0.1, 0.15) is 5.75 Å². The summed E-state index contributed by atoms with van der Waals surface area (Å²) >= 11 is 0. The third kappa shape index (κ3) is 3.12. The molecular weight excluding hydrogens is 240 g/mol. The minimum atomic E-state index is 0.0603. The molecule has 1 N–H and O–H groups in total. The Morgan fingerprint density at radius 2 is 2.26 bits per heavy atom. The van der Waals surface area contributed by atoms with Crippen LogP contribution in [0.1, 0.15) is 30.6 Å². The molecule has 0 amide bonds. The number of hydrogen-bond acceptors (Lipinski definition) is 4. The lowest BCUT2D eigenvalue weighted by atomic mass is 10.0. The molecule has 0 saturated carbocycles. The van der Waals surface area contributed by atoms with Crippen LogP contribution in [0, 0.1) is 0 Å². The molecular formula is C14H20N4O. The quantitative estimate of drug-likeness (QED) is 0.862. The molecule has 102 valence electrons. The Balaban J connectivity index is 2.26. The second-order valence-corrected chi connectivity index (χ2v) is 4.43. The number of aromatic nitrogens is 3. The van der Waals surface area contributed by atoms with Crippen molar-refractivity contribution in [2.75, 3.05) is 13.7 Å². The van der Waals surface area contributed by atoms with Crippen molar-refractivity contribution in [2.45, 2.75) is 19.4 Å². The van der Waals surface area contributed by atoms with Crippen molar-refractivity contribution in [1.82, 2.24) is 20.3 Å². The van der Waals surface area contributed by atoms with Crippen LogP contribution in [0.2, 0.25) is 0 Å². The smallest absolute Gasteiger partial charge is 0.119 e. The molecule has 0 radical (unpaired) electrons. The molecule has 1 atom stereocenters. The van der Waals surface area contributed by atoms with E-state index in [9.17, 15) is 0 Å². The lowest BCUT2D eigenvalue weighted by Crippen LogP contribution is -2.20. The van der Waals surface area contributed by atoms with Crippen LogP contribution in [0.3, 0.4) is 0 Å². The van der Waals surface area contributed by atoms with Crippen LogP contribution < -0.4 is 10.1 Å². The molecule has 0 aliphatic carbocycles. The molecule has 0 spiro atoms. The maximum absolute atomic E-state index is 5.67. The van der Waals surface area contributed by atoms with Crippen LogP contribution in [0.15, 0.2) is 30.5 Å². The summed E-state index contributed by atoms with van der Waals surface area (Å²) in [7, 11) is 3.82. The fourth-order valence-electron chi connectivity index (χ4n) is 2.05. The van der Waals surface area contributed by atoms with Crippen molar-refractivity contribution in [1.29, 1.82) is 0 Å². The van der Waals surface area contributed by atoms with Crippen LogP contribution in [0.4, 0.5) is 0 Å². The van der Waals surface area contributed by atoms with Crippen LogP contribution >= 0.6 is 0 Å². The van der Waals surface area contributed by atoms with E-state index < -0.39 is 0 Å². The third-order valence-electron chi connectivity index (χ3n) is 3.00. The maximum atomic E-state index is 5.67. The van der Waals surface area contributed by atoms with E-state index in [1.54, 1.807) is 10.9 Å². The first-order chi connectivity index (χ1) is 9.26. The summed E-state index contributed by atoms with van der Waals surface area (Å²) in [5, 5.41) is 11.2. The van der Waals surface area contributed by atoms with Gasteiger partial charge in [-0.1, -0.05) is 24.3 Å². The Bertz CT molecular complexity index is 524. The molecule has 5 nitrogen and oxygen atoms in total. The van der Waals surface area contributed by atoms with Gasteiger partial charge in [0.2, 0.25) is 0 Å². The van der Waals surface area contributed by atoms with Crippen LogP contribution in [0.5, 0.6) is 5.75 Å². The second kappa shape index (κ2) is 6.33. The molecule has 5 heteroatoms. The zero-order chi connectivity index (χ0) is 13.7. The van der Waals surface area contributed by atoms with E-state index in [1.807, 2.05) is 26.2 Å². The lowest BCUT2D eigenvalue weighted by Gasteiger charge is -2.17. The Kier molecular flexibility index (Phi) is 4.52. The molecule has 19 heavy (non-hydrogen) atoms. The molecule has 0 aliphatic rings. The maximum Gasteiger partial charge on any atom is 0.119 e. The average molecular weight is 260 g/mol. The highest BCUT2D eigenvalue weighted by Crippen LogP contribution is 2.24. The molecule has 1 aromatic heterocycles. The van der Waals surface area contributed by atoms with E-state index >= 15 is 0 Å². The first-order valence-electron chi connectivity index (χ1n) is 6.50. The van der Waals surface area contributed by atoms with Crippen molar-refractivity contribution in [3.05, 3.63) is 41.7 Å². The summed E-state index contributed by atoms with van der Waals surface area (Å²) < 4.78 is 7.45. The molecule has 1 unspecified atom stereocenters. The highest BCUT2D eigenvalue weighted by atomic mass is 16.5. The van der Waals surface area contributed by atoms with Gasteiger partial charge in [0.25, 0.3) is 0 Å². The van der Waals surface area contributed by atoms with E-state index in [1.165, 1.54) is 0 Å². The number of ether oxygens (including phenoxy) is 1. The van der Waals surface area contributed by atoms with Crippen molar-refractivity contribution in [3.63, 3.8) is 0 Å². The summed E-state index contributed by atoms with van der Waals surface area (Å²) in [4.78, 5) is 0. The molecule has 0 bridgehead atoms. The minimum absolute atomic E-state index is 0.0603. The van der Waals surface area contributed by atoms with Gasteiger partial charge in [0.05, 0.1) is 24.5 Å². The van der Waals surface area contributed by atoms with Crippen molar-refractivity contribution < 1.29 is 4.74 Å². The van der Waals surface area contributed by atoms with Gasteiger partial charge in [-0.3, -0.25) is 4.68 Å². The monoisotopic (exact) mass is 260 g/mol. The molecule has 2 rings (SSSR count). The zero-order valence-electron chi connectivity index (χ0n) is 11.6. The zero-order valence-corrected chi connectivity index (χ0v) is 11.6. The highest BCUT2D eigenvalue weighted by Gasteiger charge is 2.16. The van der Waals surface area contributed by atoms with E-state index in [0.29, 0.717) is 0 Å². The summed E-state index contributed by atoms with van der Waals surface area (Å²) in [6, 6.07) is 8.18. The van der Waals surface area contributed by atoms with Gasteiger partial charge in [0, 0.05) is 7.05 Å². The third-order valence-corrected chi connectivity index (χ3v) is 3.00.